The zero-order chi connectivity index (χ0) is 14.8. The first-order valence-electron chi connectivity index (χ1n) is 6.19. The topological polar surface area (TPSA) is 25.8 Å². The lowest BCUT2D eigenvalue weighted by Crippen LogP contribution is -1.94. The summed E-state index contributed by atoms with van der Waals surface area (Å²) < 4.78 is 0.986. The van der Waals surface area contributed by atoms with Crippen LogP contribution >= 0.6 is 39.1 Å². The SMILES string of the molecule is Clc1nc(-c2ccccc2)nc(Cl)c1-c1ccc(Br)cc1. The van der Waals surface area contributed by atoms with Crippen LogP contribution in [0.1, 0.15) is 0 Å². The summed E-state index contributed by atoms with van der Waals surface area (Å²) in [6, 6.07) is 17.3. The van der Waals surface area contributed by atoms with E-state index >= 15 is 0 Å². The van der Waals surface area contributed by atoms with Gasteiger partial charge in [-0.15, -0.1) is 0 Å². The van der Waals surface area contributed by atoms with Gasteiger partial charge >= 0.3 is 0 Å². The van der Waals surface area contributed by atoms with Gasteiger partial charge in [0, 0.05) is 10.0 Å². The van der Waals surface area contributed by atoms with Gasteiger partial charge in [-0.05, 0) is 17.7 Å². The van der Waals surface area contributed by atoms with E-state index in [0.29, 0.717) is 21.7 Å². The minimum absolute atomic E-state index is 0.344. The minimum Gasteiger partial charge on any atom is -0.216 e. The summed E-state index contributed by atoms with van der Waals surface area (Å²) >= 11 is 16.0. The molecule has 0 spiro atoms. The highest BCUT2D eigenvalue weighted by Gasteiger charge is 2.14. The van der Waals surface area contributed by atoms with E-state index < -0.39 is 0 Å². The van der Waals surface area contributed by atoms with Crippen LogP contribution in [0.25, 0.3) is 22.5 Å². The van der Waals surface area contributed by atoms with Gasteiger partial charge in [-0.3, -0.25) is 0 Å². The highest BCUT2D eigenvalue weighted by atomic mass is 79.9. The molecular formula is C16H9BrCl2N2. The Morgan fingerprint density at radius 3 is 1.86 bits per heavy atom. The first kappa shape index (κ1) is 14.5. The van der Waals surface area contributed by atoms with Gasteiger partial charge in [0.25, 0.3) is 0 Å². The lowest BCUT2D eigenvalue weighted by Gasteiger charge is -2.09. The summed E-state index contributed by atoms with van der Waals surface area (Å²) in [6.07, 6.45) is 0. The van der Waals surface area contributed by atoms with Crippen molar-refractivity contribution in [2.45, 2.75) is 0 Å². The monoisotopic (exact) mass is 378 g/mol. The van der Waals surface area contributed by atoms with Gasteiger partial charge in [0.05, 0.1) is 5.56 Å². The molecule has 104 valence electrons. The molecule has 0 unspecified atom stereocenters. The molecule has 0 bridgehead atoms. The van der Waals surface area contributed by atoms with E-state index in [9.17, 15) is 0 Å². The molecule has 5 heteroatoms. The zero-order valence-electron chi connectivity index (χ0n) is 10.7. The molecule has 3 aromatic rings. The maximum absolute atomic E-state index is 6.31. The van der Waals surface area contributed by atoms with Gasteiger partial charge in [0.1, 0.15) is 10.3 Å². The quantitative estimate of drug-likeness (QED) is 0.519. The highest BCUT2D eigenvalue weighted by molar-refractivity contribution is 9.10. The third kappa shape index (κ3) is 3.10. The minimum atomic E-state index is 0.344. The van der Waals surface area contributed by atoms with E-state index in [1.165, 1.54) is 0 Å². The predicted molar refractivity (Wildman–Crippen MR) is 90.6 cm³/mol. The van der Waals surface area contributed by atoms with Crippen LogP contribution in [0.4, 0.5) is 0 Å². The lowest BCUT2D eigenvalue weighted by molar-refractivity contribution is 1.18. The van der Waals surface area contributed by atoms with Crippen molar-refractivity contribution in [3.8, 4) is 22.5 Å². The molecule has 0 saturated carbocycles. The molecule has 2 aromatic carbocycles. The van der Waals surface area contributed by atoms with Gasteiger partial charge in [-0.1, -0.05) is 81.6 Å². The first-order chi connectivity index (χ1) is 10.1. The lowest BCUT2D eigenvalue weighted by atomic mass is 10.1. The van der Waals surface area contributed by atoms with Crippen LogP contribution in [0.2, 0.25) is 10.3 Å². The second-order valence-electron chi connectivity index (χ2n) is 4.38. The summed E-state index contributed by atoms with van der Waals surface area (Å²) in [5, 5.41) is 0.687. The molecule has 0 amide bonds. The largest absolute Gasteiger partial charge is 0.216 e. The fraction of sp³-hybridized carbons (Fsp3) is 0. The standard InChI is InChI=1S/C16H9BrCl2N2/c17-12-8-6-10(7-9-12)13-14(18)20-16(21-15(13)19)11-4-2-1-3-5-11/h1-9H. The molecule has 0 radical (unpaired) electrons. The van der Waals surface area contributed by atoms with Crippen molar-refractivity contribution in [2.24, 2.45) is 0 Å². The first-order valence-corrected chi connectivity index (χ1v) is 7.74. The van der Waals surface area contributed by atoms with Crippen molar-refractivity contribution in [2.75, 3.05) is 0 Å². The number of rotatable bonds is 2. The maximum atomic E-state index is 6.31. The van der Waals surface area contributed by atoms with Gasteiger partial charge in [0.15, 0.2) is 5.82 Å². The summed E-state index contributed by atoms with van der Waals surface area (Å²) in [5.74, 6) is 0.520. The molecule has 0 aliphatic heterocycles. The number of hydrogen-bond donors (Lipinski definition) is 0. The van der Waals surface area contributed by atoms with Gasteiger partial charge in [-0.2, -0.15) is 0 Å². The predicted octanol–water partition coefficient (Wildman–Crippen LogP) is 5.88. The highest BCUT2D eigenvalue weighted by Crippen LogP contribution is 2.34. The van der Waals surface area contributed by atoms with Crippen molar-refractivity contribution >= 4 is 39.1 Å². The number of benzene rings is 2. The molecule has 1 heterocycles. The Labute approximate surface area is 140 Å². The maximum Gasteiger partial charge on any atom is 0.162 e. The third-order valence-corrected chi connectivity index (χ3v) is 4.06. The Hall–Kier alpha value is -1.42. The van der Waals surface area contributed by atoms with Crippen molar-refractivity contribution in [3.05, 3.63) is 69.4 Å². The van der Waals surface area contributed by atoms with Crippen molar-refractivity contribution < 1.29 is 0 Å². The normalized spacial score (nSPS) is 10.6. The number of aromatic nitrogens is 2. The van der Waals surface area contributed by atoms with E-state index in [2.05, 4.69) is 25.9 Å². The van der Waals surface area contributed by atoms with Crippen LogP contribution in [-0.4, -0.2) is 9.97 Å². The van der Waals surface area contributed by atoms with E-state index in [1.54, 1.807) is 0 Å². The molecule has 21 heavy (non-hydrogen) atoms. The molecule has 0 fully saturated rings. The van der Waals surface area contributed by atoms with E-state index in [0.717, 1.165) is 15.6 Å². The van der Waals surface area contributed by atoms with Crippen LogP contribution in [0.3, 0.4) is 0 Å². The molecule has 0 N–H and O–H groups in total. The van der Waals surface area contributed by atoms with Gasteiger partial charge in [-0.25, -0.2) is 9.97 Å². The van der Waals surface area contributed by atoms with Gasteiger partial charge < -0.3 is 0 Å². The van der Waals surface area contributed by atoms with Crippen LogP contribution in [-0.2, 0) is 0 Å². The number of hydrogen-bond acceptors (Lipinski definition) is 2. The van der Waals surface area contributed by atoms with Gasteiger partial charge in [0.2, 0.25) is 0 Å². The van der Waals surface area contributed by atoms with E-state index in [4.69, 9.17) is 23.2 Å². The summed E-state index contributed by atoms with van der Waals surface area (Å²) in [5.41, 5.74) is 2.40. The molecule has 0 aliphatic carbocycles. The van der Waals surface area contributed by atoms with Crippen molar-refractivity contribution in [1.82, 2.24) is 9.97 Å². The summed E-state index contributed by atoms with van der Waals surface area (Å²) in [4.78, 5) is 8.72. The molecule has 0 atom stereocenters. The Bertz CT molecular complexity index is 751. The fourth-order valence-corrected chi connectivity index (χ4v) is 2.85. The molecule has 3 rings (SSSR count). The summed E-state index contributed by atoms with van der Waals surface area (Å²) in [6.45, 7) is 0. The average molecular weight is 380 g/mol. The van der Waals surface area contributed by atoms with Crippen LogP contribution in [0.5, 0.6) is 0 Å². The van der Waals surface area contributed by atoms with Crippen molar-refractivity contribution in [1.29, 1.82) is 0 Å². The molecular weight excluding hydrogens is 371 g/mol. The van der Waals surface area contributed by atoms with Crippen molar-refractivity contribution in [3.63, 3.8) is 0 Å². The number of nitrogens with zero attached hydrogens (tertiary/aromatic N) is 2. The molecule has 0 aliphatic rings. The number of halogens is 3. The van der Waals surface area contributed by atoms with Crippen LogP contribution in [0.15, 0.2) is 59.1 Å². The fourth-order valence-electron chi connectivity index (χ4n) is 1.98. The Morgan fingerprint density at radius 2 is 1.29 bits per heavy atom. The molecule has 1 aromatic heterocycles. The zero-order valence-corrected chi connectivity index (χ0v) is 13.8. The second-order valence-corrected chi connectivity index (χ2v) is 6.01. The second kappa shape index (κ2) is 6.14. The Kier molecular flexibility index (Phi) is 4.24. The average Bonchev–Trinajstić information content (AvgIpc) is 2.49. The smallest absolute Gasteiger partial charge is 0.162 e. The molecule has 0 saturated heterocycles. The van der Waals surface area contributed by atoms with Crippen LogP contribution < -0.4 is 0 Å². The molecule has 2 nitrogen and oxygen atoms in total. The van der Waals surface area contributed by atoms with E-state index in [1.807, 2.05) is 54.6 Å². The van der Waals surface area contributed by atoms with E-state index in [-0.39, 0.29) is 0 Å². The van der Waals surface area contributed by atoms with Crippen LogP contribution in [0, 0.1) is 0 Å². The summed E-state index contributed by atoms with van der Waals surface area (Å²) in [7, 11) is 0. The third-order valence-electron chi connectivity index (χ3n) is 2.99. The Morgan fingerprint density at radius 1 is 0.714 bits per heavy atom. The Balaban J connectivity index is 2.11.